The molecule has 1 aromatic carbocycles. The number of β-amino-alcohol motifs (C(OH)–C–C–N with tert-alkyl or cyclic N) is 1. The SMILES string of the molecule is OC1CN[C@H](c2nc(-c3cccc(Br)c3)no2)C1. The molecule has 1 saturated heterocycles. The predicted molar refractivity (Wildman–Crippen MR) is 68.8 cm³/mol. The van der Waals surface area contributed by atoms with E-state index in [9.17, 15) is 5.11 Å². The molecule has 1 fully saturated rings. The third-order valence-corrected chi connectivity index (χ3v) is 3.42. The predicted octanol–water partition coefficient (Wildman–Crippen LogP) is 1.89. The van der Waals surface area contributed by atoms with E-state index in [1.807, 2.05) is 24.3 Å². The molecule has 0 aliphatic carbocycles. The Morgan fingerprint density at radius 1 is 1.44 bits per heavy atom. The van der Waals surface area contributed by atoms with Gasteiger partial charge in [0, 0.05) is 16.6 Å². The summed E-state index contributed by atoms with van der Waals surface area (Å²) < 4.78 is 6.21. The fourth-order valence-electron chi connectivity index (χ4n) is 2.03. The normalized spacial score (nSPS) is 23.4. The number of hydrogen-bond acceptors (Lipinski definition) is 5. The molecule has 18 heavy (non-hydrogen) atoms. The van der Waals surface area contributed by atoms with E-state index >= 15 is 0 Å². The molecule has 0 spiro atoms. The third kappa shape index (κ3) is 2.31. The van der Waals surface area contributed by atoms with Gasteiger partial charge in [-0.15, -0.1) is 0 Å². The molecule has 1 unspecified atom stereocenters. The molecular weight excluding hydrogens is 298 g/mol. The van der Waals surface area contributed by atoms with E-state index in [1.54, 1.807) is 0 Å². The molecule has 3 rings (SSSR count). The fraction of sp³-hybridized carbons (Fsp3) is 0.333. The lowest BCUT2D eigenvalue weighted by Crippen LogP contribution is -2.15. The van der Waals surface area contributed by atoms with Crippen molar-refractivity contribution in [2.75, 3.05) is 6.54 Å². The van der Waals surface area contributed by atoms with Crippen molar-refractivity contribution in [1.82, 2.24) is 15.5 Å². The largest absolute Gasteiger partial charge is 0.392 e. The molecule has 0 radical (unpaired) electrons. The molecule has 2 N–H and O–H groups in total. The van der Waals surface area contributed by atoms with Crippen LogP contribution in [-0.4, -0.2) is 27.9 Å². The van der Waals surface area contributed by atoms with Gasteiger partial charge in [0.05, 0.1) is 12.1 Å². The minimum Gasteiger partial charge on any atom is -0.392 e. The van der Waals surface area contributed by atoms with Crippen LogP contribution in [0.3, 0.4) is 0 Å². The van der Waals surface area contributed by atoms with Gasteiger partial charge >= 0.3 is 0 Å². The van der Waals surface area contributed by atoms with Crippen LogP contribution in [0.15, 0.2) is 33.3 Å². The molecule has 2 aromatic rings. The second-order valence-corrected chi connectivity index (χ2v) is 5.23. The highest BCUT2D eigenvalue weighted by molar-refractivity contribution is 9.10. The highest BCUT2D eigenvalue weighted by atomic mass is 79.9. The van der Waals surface area contributed by atoms with Crippen LogP contribution < -0.4 is 5.32 Å². The van der Waals surface area contributed by atoms with Crippen LogP contribution >= 0.6 is 15.9 Å². The first-order valence-corrected chi connectivity index (χ1v) is 6.52. The van der Waals surface area contributed by atoms with E-state index in [4.69, 9.17) is 4.52 Å². The molecule has 2 heterocycles. The van der Waals surface area contributed by atoms with Crippen molar-refractivity contribution >= 4 is 15.9 Å². The van der Waals surface area contributed by atoms with Crippen molar-refractivity contribution in [3.8, 4) is 11.4 Å². The van der Waals surface area contributed by atoms with Crippen molar-refractivity contribution in [3.05, 3.63) is 34.6 Å². The molecule has 5 nitrogen and oxygen atoms in total. The lowest BCUT2D eigenvalue weighted by Gasteiger charge is -2.01. The summed E-state index contributed by atoms with van der Waals surface area (Å²) >= 11 is 3.41. The molecule has 1 aliphatic heterocycles. The fourth-order valence-corrected chi connectivity index (χ4v) is 2.43. The molecule has 0 amide bonds. The highest BCUT2D eigenvalue weighted by Gasteiger charge is 2.28. The highest BCUT2D eigenvalue weighted by Crippen LogP contribution is 2.25. The number of benzene rings is 1. The number of aromatic nitrogens is 2. The Bertz CT molecular complexity index is 558. The number of hydrogen-bond donors (Lipinski definition) is 2. The third-order valence-electron chi connectivity index (χ3n) is 2.93. The Hall–Kier alpha value is -1.24. The Balaban J connectivity index is 1.85. The summed E-state index contributed by atoms with van der Waals surface area (Å²) in [5, 5.41) is 16.6. The molecule has 1 aromatic heterocycles. The number of nitrogens with one attached hydrogen (secondary N) is 1. The summed E-state index contributed by atoms with van der Waals surface area (Å²) in [7, 11) is 0. The summed E-state index contributed by atoms with van der Waals surface area (Å²) in [5.74, 6) is 1.09. The van der Waals surface area contributed by atoms with E-state index in [2.05, 4.69) is 31.4 Å². The van der Waals surface area contributed by atoms with Crippen LogP contribution in [0, 0.1) is 0 Å². The van der Waals surface area contributed by atoms with Crippen molar-refractivity contribution in [2.24, 2.45) is 0 Å². The van der Waals surface area contributed by atoms with Gasteiger partial charge in [-0.05, 0) is 18.6 Å². The number of aliphatic hydroxyl groups is 1. The standard InChI is InChI=1S/C12H12BrN3O2/c13-8-3-1-2-7(4-8)11-15-12(18-16-11)10-5-9(17)6-14-10/h1-4,9-10,14,17H,5-6H2/t9?,10-/m0/s1. The first-order valence-electron chi connectivity index (χ1n) is 5.73. The zero-order valence-corrected chi connectivity index (χ0v) is 11.1. The summed E-state index contributed by atoms with van der Waals surface area (Å²) in [6.07, 6.45) is 0.274. The summed E-state index contributed by atoms with van der Waals surface area (Å²) in [6, 6.07) is 7.68. The van der Waals surface area contributed by atoms with E-state index in [0.717, 1.165) is 10.0 Å². The second kappa shape index (κ2) is 4.79. The Kier molecular flexibility index (Phi) is 3.15. The van der Waals surface area contributed by atoms with Crippen LogP contribution in [0.5, 0.6) is 0 Å². The van der Waals surface area contributed by atoms with Crippen molar-refractivity contribution in [3.63, 3.8) is 0 Å². The van der Waals surface area contributed by atoms with Gasteiger partial charge in [-0.3, -0.25) is 0 Å². The minimum absolute atomic E-state index is 0.0478. The van der Waals surface area contributed by atoms with Gasteiger partial charge in [-0.1, -0.05) is 33.2 Å². The maximum Gasteiger partial charge on any atom is 0.244 e. The molecule has 94 valence electrons. The summed E-state index contributed by atoms with van der Waals surface area (Å²) in [4.78, 5) is 4.37. The lowest BCUT2D eigenvalue weighted by molar-refractivity contribution is 0.191. The van der Waals surface area contributed by atoms with Crippen molar-refractivity contribution in [2.45, 2.75) is 18.6 Å². The van der Waals surface area contributed by atoms with Gasteiger partial charge in [0.2, 0.25) is 11.7 Å². The van der Waals surface area contributed by atoms with Gasteiger partial charge in [0.1, 0.15) is 0 Å². The first-order chi connectivity index (χ1) is 8.72. The maximum atomic E-state index is 9.46. The van der Waals surface area contributed by atoms with Gasteiger partial charge in [0.25, 0.3) is 0 Å². The number of aliphatic hydroxyl groups excluding tert-OH is 1. The molecule has 0 bridgehead atoms. The van der Waals surface area contributed by atoms with Crippen LogP contribution in [0.2, 0.25) is 0 Å². The van der Waals surface area contributed by atoms with Gasteiger partial charge in [0.15, 0.2) is 0 Å². The minimum atomic E-state index is -0.337. The lowest BCUT2D eigenvalue weighted by atomic mass is 10.2. The van der Waals surface area contributed by atoms with E-state index in [-0.39, 0.29) is 12.1 Å². The van der Waals surface area contributed by atoms with Crippen LogP contribution in [0.25, 0.3) is 11.4 Å². The van der Waals surface area contributed by atoms with Crippen molar-refractivity contribution in [1.29, 1.82) is 0 Å². The number of rotatable bonds is 2. The van der Waals surface area contributed by atoms with Gasteiger partial charge in [-0.2, -0.15) is 4.98 Å². The zero-order valence-electron chi connectivity index (χ0n) is 9.51. The summed E-state index contributed by atoms with van der Waals surface area (Å²) in [5.41, 5.74) is 0.901. The molecule has 1 aliphatic rings. The average Bonchev–Trinajstić information content (AvgIpc) is 2.97. The zero-order chi connectivity index (χ0) is 12.5. The van der Waals surface area contributed by atoms with E-state index in [0.29, 0.717) is 24.7 Å². The Morgan fingerprint density at radius 3 is 3.06 bits per heavy atom. The first kappa shape index (κ1) is 11.8. The second-order valence-electron chi connectivity index (χ2n) is 4.32. The van der Waals surface area contributed by atoms with Crippen LogP contribution in [0.1, 0.15) is 18.4 Å². The Morgan fingerprint density at radius 2 is 2.33 bits per heavy atom. The molecule has 6 heteroatoms. The molecule has 0 saturated carbocycles. The number of nitrogens with zero attached hydrogens (tertiary/aromatic N) is 2. The van der Waals surface area contributed by atoms with Crippen LogP contribution in [-0.2, 0) is 0 Å². The Labute approximate surface area is 112 Å². The number of halogens is 1. The summed E-state index contributed by atoms with van der Waals surface area (Å²) in [6.45, 7) is 0.569. The topological polar surface area (TPSA) is 71.2 Å². The van der Waals surface area contributed by atoms with Crippen molar-refractivity contribution < 1.29 is 9.63 Å². The average molecular weight is 310 g/mol. The van der Waals surface area contributed by atoms with Crippen LogP contribution in [0.4, 0.5) is 0 Å². The van der Waals surface area contributed by atoms with Gasteiger partial charge < -0.3 is 14.9 Å². The van der Waals surface area contributed by atoms with E-state index in [1.165, 1.54) is 0 Å². The monoisotopic (exact) mass is 309 g/mol. The molecular formula is C12H12BrN3O2. The molecule has 2 atom stereocenters. The quantitative estimate of drug-likeness (QED) is 0.886. The van der Waals surface area contributed by atoms with E-state index < -0.39 is 0 Å². The van der Waals surface area contributed by atoms with Gasteiger partial charge in [-0.25, -0.2) is 0 Å². The smallest absolute Gasteiger partial charge is 0.244 e. The maximum absolute atomic E-state index is 9.46.